The second kappa shape index (κ2) is 13.0. The van der Waals surface area contributed by atoms with Crippen molar-refractivity contribution in [3.8, 4) is 0 Å². The number of amides is 1. The lowest BCUT2D eigenvalue weighted by Crippen LogP contribution is -2.52. The molecule has 2 rings (SSSR count). The van der Waals surface area contributed by atoms with Gasteiger partial charge in [0, 0.05) is 51.9 Å². The minimum Gasteiger partial charge on any atom is -0.444 e. The fourth-order valence-corrected chi connectivity index (χ4v) is 4.05. The van der Waals surface area contributed by atoms with E-state index in [4.69, 9.17) is 9.73 Å². The molecule has 182 valence electrons. The number of guanidine groups is 1. The molecule has 2 unspecified atom stereocenters. The molecule has 0 aromatic carbocycles. The molecule has 0 spiro atoms. The predicted molar refractivity (Wildman–Crippen MR) is 138 cm³/mol. The molecule has 2 atom stereocenters. The number of aliphatic imine (C=N–C) groups is 1. The van der Waals surface area contributed by atoms with Gasteiger partial charge in [-0.3, -0.25) is 9.89 Å². The molecular weight excluding hydrogens is 507 g/mol. The summed E-state index contributed by atoms with van der Waals surface area (Å²) in [5, 5.41) is 6.45. The van der Waals surface area contributed by atoms with E-state index in [2.05, 4.69) is 53.2 Å². The summed E-state index contributed by atoms with van der Waals surface area (Å²) in [5.41, 5.74) is -0.478. The number of piperazine rings is 1. The van der Waals surface area contributed by atoms with Gasteiger partial charge in [0.2, 0.25) is 0 Å². The molecule has 2 fully saturated rings. The number of hydrogen-bond acceptors (Lipinski definition) is 5. The molecule has 8 nitrogen and oxygen atoms in total. The number of likely N-dealkylation sites (N-methyl/N-ethyl adjacent to an activating group) is 1. The average Bonchev–Trinajstić information content (AvgIpc) is 3.08. The van der Waals surface area contributed by atoms with Crippen LogP contribution in [0.25, 0.3) is 0 Å². The fourth-order valence-electron chi connectivity index (χ4n) is 4.05. The molecule has 2 aliphatic rings. The van der Waals surface area contributed by atoms with Crippen molar-refractivity contribution in [2.45, 2.75) is 65.6 Å². The third-order valence-electron chi connectivity index (χ3n) is 5.75. The molecule has 0 aliphatic carbocycles. The topological polar surface area (TPSA) is 72.4 Å². The van der Waals surface area contributed by atoms with Crippen LogP contribution in [0.2, 0.25) is 0 Å². The first-order valence-corrected chi connectivity index (χ1v) is 11.5. The van der Waals surface area contributed by atoms with Crippen LogP contribution in [-0.4, -0.2) is 104 Å². The van der Waals surface area contributed by atoms with Gasteiger partial charge in [-0.15, -0.1) is 24.0 Å². The molecule has 2 saturated heterocycles. The van der Waals surface area contributed by atoms with Gasteiger partial charge in [0.25, 0.3) is 0 Å². The number of likely N-dealkylation sites (tertiary alicyclic amines) is 1. The Morgan fingerprint density at radius 2 is 1.81 bits per heavy atom. The number of carbonyl (C=O) groups is 1. The second-order valence-corrected chi connectivity index (χ2v) is 9.92. The van der Waals surface area contributed by atoms with E-state index in [1.165, 1.54) is 0 Å². The van der Waals surface area contributed by atoms with Crippen molar-refractivity contribution in [2.75, 3.05) is 59.4 Å². The third-order valence-corrected chi connectivity index (χ3v) is 5.75. The second-order valence-electron chi connectivity index (χ2n) is 9.92. The normalized spacial score (nSPS) is 22.3. The van der Waals surface area contributed by atoms with Crippen LogP contribution in [0, 0.1) is 5.92 Å². The van der Waals surface area contributed by atoms with E-state index >= 15 is 0 Å². The standard InChI is InChI=1S/C22H44N6O2.HI/c1-8-23-20(24-15-19(17(2)3)27-13-11-26(7)12-14-27)28-10-9-18(16-28)25-21(29)30-22(4,5)6;/h17-19H,8-16H2,1-7H3,(H,23,24)(H,25,29);1H. The maximum atomic E-state index is 12.1. The van der Waals surface area contributed by atoms with Crippen LogP contribution in [0.3, 0.4) is 0 Å². The van der Waals surface area contributed by atoms with Crippen LogP contribution in [-0.2, 0) is 4.74 Å². The zero-order valence-corrected chi connectivity index (χ0v) is 22.9. The van der Waals surface area contributed by atoms with E-state index < -0.39 is 5.60 Å². The Kier molecular flexibility index (Phi) is 11.9. The van der Waals surface area contributed by atoms with Crippen LogP contribution in [0.5, 0.6) is 0 Å². The minimum absolute atomic E-state index is 0. The molecule has 0 radical (unpaired) electrons. The maximum absolute atomic E-state index is 12.1. The predicted octanol–water partition coefficient (Wildman–Crippen LogP) is 2.44. The van der Waals surface area contributed by atoms with Crippen LogP contribution < -0.4 is 10.6 Å². The van der Waals surface area contributed by atoms with Crippen molar-refractivity contribution in [3.05, 3.63) is 0 Å². The molecule has 31 heavy (non-hydrogen) atoms. The summed E-state index contributed by atoms with van der Waals surface area (Å²) in [6, 6.07) is 0.535. The van der Waals surface area contributed by atoms with Crippen molar-refractivity contribution < 1.29 is 9.53 Å². The number of alkyl carbamates (subject to hydrolysis) is 1. The molecule has 2 aliphatic heterocycles. The first-order valence-electron chi connectivity index (χ1n) is 11.5. The Balaban J connectivity index is 0.00000480. The molecule has 2 heterocycles. The van der Waals surface area contributed by atoms with Crippen molar-refractivity contribution in [2.24, 2.45) is 10.9 Å². The molecule has 0 bridgehead atoms. The molecule has 2 N–H and O–H groups in total. The summed E-state index contributed by atoms with van der Waals surface area (Å²) in [5.74, 6) is 1.51. The van der Waals surface area contributed by atoms with Crippen LogP contribution in [0.1, 0.15) is 48.0 Å². The highest BCUT2D eigenvalue weighted by Gasteiger charge is 2.29. The monoisotopic (exact) mass is 552 g/mol. The lowest BCUT2D eigenvalue weighted by atomic mass is 10.0. The van der Waals surface area contributed by atoms with E-state index in [0.29, 0.717) is 12.0 Å². The summed E-state index contributed by atoms with van der Waals surface area (Å²) < 4.78 is 5.40. The van der Waals surface area contributed by atoms with E-state index in [-0.39, 0.29) is 36.1 Å². The summed E-state index contributed by atoms with van der Waals surface area (Å²) in [6.45, 7) is 20.1. The van der Waals surface area contributed by atoms with Gasteiger partial charge in [-0.2, -0.15) is 0 Å². The Morgan fingerprint density at radius 1 is 1.16 bits per heavy atom. The van der Waals surface area contributed by atoms with Crippen LogP contribution in [0.4, 0.5) is 4.79 Å². The summed E-state index contributed by atoms with van der Waals surface area (Å²) in [4.78, 5) is 24.4. The molecule has 0 saturated carbocycles. The Hall–Kier alpha value is -0.810. The summed E-state index contributed by atoms with van der Waals surface area (Å²) in [7, 11) is 2.19. The van der Waals surface area contributed by atoms with E-state index in [0.717, 1.165) is 64.7 Å². The number of nitrogens with zero attached hydrogens (tertiary/aromatic N) is 4. The lowest BCUT2D eigenvalue weighted by Gasteiger charge is -2.39. The molecule has 9 heteroatoms. The number of carbonyl (C=O) groups excluding carboxylic acids is 1. The largest absolute Gasteiger partial charge is 0.444 e. The molecule has 0 aromatic rings. The van der Waals surface area contributed by atoms with Crippen molar-refractivity contribution in [1.29, 1.82) is 0 Å². The first-order chi connectivity index (χ1) is 14.1. The van der Waals surface area contributed by atoms with Gasteiger partial charge in [-0.1, -0.05) is 13.8 Å². The van der Waals surface area contributed by atoms with Gasteiger partial charge >= 0.3 is 6.09 Å². The zero-order chi connectivity index (χ0) is 22.3. The average molecular weight is 553 g/mol. The minimum atomic E-state index is -0.478. The van der Waals surface area contributed by atoms with Gasteiger partial charge < -0.3 is 25.2 Å². The maximum Gasteiger partial charge on any atom is 0.407 e. The van der Waals surface area contributed by atoms with E-state index in [9.17, 15) is 4.79 Å². The number of rotatable bonds is 6. The number of halogens is 1. The smallest absolute Gasteiger partial charge is 0.407 e. The molecular formula is C22H45IN6O2. The Bertz CT molecular complexity index is 573. The Labute approximate surface area is 206 Å². The highest BCUT2D eigenvalue weighted by Crippen LogP contribution is 2.16. The quantitative estimate of drug-likeness (QED) is 0.300. The Morgan fingerprint density at radius 3 is 2.35 bits per heavy atom. The molecule has 1 amide bonds. The SMILES string of the molecule is CCNC(=NCC(C(C)C)N1CCN(C)CC1)N1CCC(NC(=O)OC(C)(C)C)C1.I. The van der Waals surface area contributed by atoms with Gasteiger partial charge in [0.15, 0.2) is 5.96 Å². The first kappa shape index (κ1) is 28.2. The lowest BCUT2D eigenvalue weighted by molar-refractivity contribution is 0.0507. The van der Waals surface area contributed by atoms with E-state index in [1.54, 1.807) is 0 Å². The van der Waals surface area contributed by atoms with Crippen LogP contribution in [0.15, 0.2) is 4.99 Å². The van der Waals surface area contributed by atoms with Gasteiger partial charge in [0.1, 0.15) is 5.60 Å². The van der Waals surface area contributed by atoms with Crippen molar-refractivity contribution in [3.63, 3.8) is 0 Å². The van der Waals surface area contributed by atoms with Crippen molar-refractivity contribution in [1.82, 2.24) is 25.3 Å². The van der Waals surface area contributed by atoms with E-state index in [1.807, 2.05) is 20.8 Å². The fraction of sp³-hybridized carbons (Fsp3) is 0.909. The van der Waals surface area contributed by atoms with Gasteiger partial charge in [-0.05, 0) is 47.1 Å². The van der Waals surface area contributed by atoms with Gasteiger partial charge in [-0.25, -0.2) is 4.79 Å². The number of hydrogen-bond donors (Lipinski definition) is 2. The van der Waals surface area contributed by atoms with Gasteiger partial charge in [0.05, 0.1) is 12.6 Å². The highest BCUT2D eigenvalue weighted by atomic mass is 127. The number of nitrogens with one attached hydrogen (secondary N) is 2. The summed E-state index contributed by atoms with van der Waals surface area (Å²) in [6.07, 6.45) is 0.557. The number of ether oxygens (including phenoxy) is 1. The third kappa shape index (κ3) is 9.69. The highest BCUT2D eigenvalue weighted by molar-refractivity contribution is 14.0. The molecule has 0 aromatic heterocycles. The zero-order valence-electron chi connectivity index (χ0n) is 20.6. The van der Waals surface area contributed by atoms with Crippen LogP contribution >= 0.6 is 24.0 Å². The van der Waals surface area contributed by atoms with Crippen molar-refractivity contribution >= 4 is 36.0 Å². The summed E-state index contributed by atoms with van der Waals surface area (Å²) >= 11 is 0.